The molecule has 2 N–H and O–H groups in total. The first-order valence-corrected chi connectivity index (χ1v) is 7.07. The van der Waals surface area contributed by atoms with Gasteiger partial charge in [0.1, 0.15) is 5.75 Å². The normalized spacial score (nSPS) is 11.6. The lowest BCUT2D eigenvalue weighted by Gasteiger charge is -2.20. The molecule has 0 amide bonds. The van der Waals surface area contributed by atoms with Crippen LogP contribution in [0.1, 0.15) is 39.2 Å². The van der Waals surface area contributed by atoms with Crippen LogP contribution in [0.25, 0.3) is 0 Å². The summed E-state index contributed by atoms with van der Waals surface area (Å²) < 4.78 is 5.58. The second kappa shape index (κ2) is 7.73. The molecule has 0 unspecified atom stereocenters. The number of nitrogens with one attached hydrogen (secondary N) is 1. The maximum absolute atomic E-state index is 8.69. The highest BCUT2D eigenvalue weighted by Gasteiger charge is 2.09. The first kappa shape index (κ1) is 16.3. The quantitative estimate of drug-likeness (QED) is 0.755. The standard InChI is InChI=1S/C15H24ClNO2/c1-15(2,3)17-11-12-6-7-14(13(16)10-12)19-9-5-4-8-18/h6-7,10,17-18H,4-5,8-9,11H2,1-3H3. The Morgan fingerprint density at radius 2 is 2.00 bits per heavy atom. The third kappa shape index (κ3) is 6.81. The van der Waals surface area contributed by atoms with Gasteiger partial charge in [-0.3, -0.25) is 0 Å². The molecule has 19 heavy (non-hydrogen) atoms. The molecule has 1 aromatic carbocycles. The smallest absolute Gasteiger partial charge is 0.137 e. The Morgan fingerprint density at radius 1 is 1.26 bits per heavy atom. The highest BCUT2D eigenvalue weighted by molar-refractivity contribution is 6.32. The van der Waals surface area contributed by atoms with Crippen molar-refractivity contribution in [2.24, 2.45) is 0 Å². The molecule has 1 rings (SSSR count). The van der Waals surface area contributed by atoms with Crippen molar-refractivity contribution in [2.75, 3.05) is 13.2 Å². The van der Waals surface area contributed by atoms with E-state index in [0.717, 1.165) is 24.9 Å². The van der Waals surface area contributed by atoms with E-state index in [1.54, 1.807) is 0 Å². The fraction of sp³-hybridized carbons (Fsp3) is 0.600. The van der Waals surface area contributed by atoms with E-state index >= 15 is 0 Å². The van der Waals surface area contributed by atoms with Crippen molar-refractivity contribution in [1.29, 1.82) is 0 Å². The summed E-state index contributed by atoms with van der Waals surface area (Å²) in [5.41, 5.74) is 1.23. The topological polar surface area (TPSA) is 41.5 Å². The van der Waals surface area contributed by atoms with Crippen LogP contribution in [0.2, 0.25) is 5.02 Å². The molecule has 3 nitrogen and oxygen atoms in total. The predicted octanol–water partition coefficient (Wildman–Crippen LogP) is 3.38. The minimum absolute atomic E-state index is 0.0892. The summed E-state index contributed by atoms with van der Waals surface area (Å²) in [5.74, 6) is 0.708. The van der Waals surface area contributed by atoms with Gasteiger partial charge < -0.3 is 15.2 Å². The Labute approximate surface area is 120 Å². The molecule has 0 saturated heterocycles. The molecule has 0 spiro atoms. The largest absolute Gasteiger partial charge is 0.492 e. The number of unbranched alkanes of at least 4 members (excludes halogenated alkanes) is 1. The molecule has 0 aliphatic heterocycles. The van der Waals surface area contributed by atoms with E-state index in [4.69, 9.17) is 21.4 Å². The number of halogens is 1. The zero-order valence-corrected chi connectivity index (χ0v) is 12.8. The predicted molar refractivity (Wildman–Crippen MR) is 79.9 cm³/mol. The molecule has 0 fully saturated rings. The number of ether oxygens (including phenoxy) is 1. The van der Waals surface area contributed by atoms with Crippen LogP contribution < -0.4 is 10.1 Å². The molecule has 0 heterocycles. The lowest BCUT2D eigenvalue weighted by atomic mass is 10.1. The summed E-state index contributed by atoms with van der Waals surface area (Å²) >= 11 is 6.19. The first-order valence-electron chi connectivity index (χ1n) is 6.69. The van der Waals surface area contributed by atoms with Crippen LogP contribution in [0.3, 0.4) is 0 Å². The molecular weight excluding hydrogens is 262 g/mol. The average molecular weight is 286 g/mol. The van der Waals surface area contributed by atoms with E-state index in [-0.39, 0.29) is 12.1 Å². The summed E-state index contributed by atoms with van der Waals surface area (Å²) in [5, 5.41) is 12.7. The number of hydrogen-bond donors (Lipinski definition) is 2. The van der Waals surface area contributed by atoms with Crippen LogP contribution in [-0.2, 0) is 6.54 Å². The van der Waals surface area contributed by atoms with Crippen molar-refractivity contribution >= 4 is 11.6 Å². The number of aliphatic hydroxyl groups is 1. The van der Waals surface area contributed by atoms with Gasteiger partial charge in [0.15, 0.2) is 0 Å². The molecule has 0 bridgehead atoms. The van der Waals surface area contributed by atoms with Gasteiger partial charge in [-0.15, -0.1) is 0 Å². The fourth-order valence-electron chi connectivity index (χ4n) is 1.53. The number of benzene rings is 1. The van der Waals surface area contributed by atoms with Gasteiger partial charge in [0.2, 0.25) is 0 Å². The van der Waals surface area contributed by atoms with Gasteiger partial charge >= 0.3 is 0 Å². The zero-order valence-electron chi connectivity index (χ0n) is 12.0. The Hall–Kier alpha value is -0.770. The fourth-order valence-corrected chi connectivity index (χ4v) is 1.79. The summed E-state index contributed by atoms with van der Waals surface area (Å²) in [7, 11) is 0. The summed E-state index contributed by atoms with van der Waals surface area (Å²) in [6.07, 6.45) is 1.59. The molecule has 4 heteroatoms. The molecule has 1 aromatic rings. The second-order valence-corrected chi connectivity index (χ2v) is 6.05. The van der Waals surface area contributed by atoms with Crippen molar-refractivity contribution in [3.63, 3.8) is 0 Å². The van der Waals surface area contributed by atoms with Crippen molar-refractivity contribution < 1.29 is 9.84 Å². The maximum Gasteiger partial charge on any atom is 0.137 e. The van der Waals surface area contributed by atoms with E-state index in [0.29, 0.717) is 17.4 Å². The van der Waals surface area contributed by atoms with Gasteiger partial charge in [0.05, 0.1) is 11.6 Å². The maximum atomic E-state index is 8.69. The molecule has 0 atom stereocenters. The Balaban J connectivity index is 2.49. The average Bonchev–Trinajstić information content (AvgIpc) is 2.33. The van der Waals surface area contributed by atoms with Crippen LogP contribution in [0.15, 0.2) is 18.2 Å². The van der Waals surface area contributed by atoms with Gasteiger partial charge in [-0.1, -0.05) is 17.7 Å². The van der Waals surface area contributed by atoms with Gasteiger partial charge in [0, 0.05) is 18.7 Å². The van der Waals surface area contributed by atoms with Gasteiger partial charge in [-0.2, -0.15) is 0 Å². The van der Waals surface area contributed by atoms with Crippen molar-refractivity contribution in [3.8, 4) is 5.75 Å². The third-order valence-electron chi connectivity index (χ3n) is 2.63. The SMILES string of the molecule is CC(C)(C)NCc1ccc(OCCCCO)c(Cl)c1. The van der Waals surface area contributed by atoms with E-state index in [2.05, 4.69) is 26.1 Å². The molecule has 0 radical (unpaired) electrons. The Kier molecular flexibility index (Phi) is 6.63. The Bertz CT molecular complexity index is 388. The minimum atomic E-state index is 0.0892. The molecule has 0 aromatic heterocycles. The van der Waals surface area contributed by atoms with E-state index in [9.17, 15) is 0 Å². The minimum Gasteiger partial charge on any atom is -0.492 e. The van der Waals surface area contributed by atoms with Gasteiger partial charge in [0.25, 0.3) is 0 Å². The summed E-state index contributed by atoms with van der Waals surface area (Å²) in [6, 6.07) is 5.86. The monoisotopic (exact) mass is 285 g/mol. The van der Waals surface area contributed by atoms with Crippen LogP contribution in [0.5, 0.6) is 5.75 Å². The lowest BCUT2D eigenvalue weighted by molar-refractivity contribution is 0.253. The zero-order chi connectivity index (χ0) is 14.3. The van der Waals surface area contributed by atoms with Crippen LogP contribution in [0.4, 0.5) is 0 Å². The molecule has 0 aliphatic rings. The van der Waals surface area contributed by atoms with E-state index in [1.807, 2.05) is 18.2 Å². The van der Waals surface area contributed by atoms with Crippen molar-refractivity contribution in [3.05, 3.63) is 28.8 Å². The van der Waals surface area contributed by atoms with Crippen LogP contribution in [0, 0.1) is 0 Å². The number of aliphatic hydroxyl groups excluding tert-OH is 1. The second-order valence-electron chi connectivity index (χ2n) is 5.65. The van der Waals surface area contributed by atoms with Gasteiger partial charge in [-0.05, 0) is 51.3 Å². The number of hydrogen-bond acceptors (Lipinski definition) is 3. The first-order chi connectivity index (χ1) is 8.92. The highest BCUT2D eigenvalue weighted by Crippen LogP contribution is 2.25. The molecular formula is C15H24ClNO2. The number of rotatable bonds is 7. The van der Waals surface area contributed by atoms with Crippen molar-refractivity contribution in [1.82, 2.24) is 5.32 Å². The third-order valence-corrected chi connectivity index (χ3v) is 2.92. The summed E-state index contributed by atoms with van der Waals surface area (Å²) in [4.78, 5) is 0. The van der Waals surface area contributed by atoms with E-state index < -0.39 is 0 Å². The molecule has 108 valence electrons. The van der Waals surface area contributed by atoms with Crippen LogP contribution in [-0.4, -0.2) is 23.9 Å². The van der Waals surface area contributed by atoms with Crippen LogP contribution >= 0.6 is 11.6 Å². The highest BCUT2D eigenvalue weighted by atomic mass is 35.5. The Morgan fingerprint density at radius 3 is 2.58 bits per heavy atom. The van der Waals surface area contributed by atoms with E-state index in [1.165, 1.54) is 0 Å². The van der Waals surface area contributed by atoms with Gasteiger partial charge in [-0.25, -0.2) is 0 Å². The van der Waals surface area contributed by atoms with Crippen molar-refractivity contribution in [2.45, 2.75) is 45.7 Å². The molecule has 0 saturated carbocycles. The summed E-state index contributed by atoms with van der Waals surface area (Å²) in [6.45, 7) is 7.97. The molecule has 0 aliphatic carbocycles. The lowest BCUT2D eigenvalue weighted by Crippen LogP contribution is -2.35.